The van der Waals surface area contributed by atoms with Crippen molar-refractivity contribution in [1.29, 1.82) is 0 Å². The first-order valence-corrected chi connectivity index (χ1v) is 6.30. The van der Waals surface area contributed by atoms with Crippen LogP contribution >= 0.6 is 0 Å². The van der Waals surface area contributed by atoms with Gasteiger partial charge in [-0.15, -0.1) is 0 Å². The fraction of sp³-hybridized carbons (Fsp3) is 0.571. The molecule has 2 heteroatoms. The van der Waals surface area contributed by atoms with Crippen LogP contribution in [0.15, 0.2) is 12.1 Å². The Hall–Kier alpha value is -0.890. The highest BCUT2D eigenvalue weighted by Crippen LogP contribution is 2.39. The molecule has 0 aliphatic heterocycles. The molecular formula is C14H18FN. The van der Waals surface area contributed by atoms with Crippen molar-refractivity contribution in [2.45, 2.75) is 50.5 Å². The Kier molecular flexibility index (Phi) is 2.28. The van der Waals surface area contributed by atoms with E-state index in [0.717, 1.165) is 50.5 Å². The third kappa shape index (κ3) is 1.47. The Balaban J connectivity index is 2.07. The van der Waals surface area contributed by atoms with Gasteiger partial charge < -0.3 is 5.73 Å². The smallest absolute Gasteiger partial charge is 0.128 e. The van der Waals surface area contributed by atoms with Crippen LogP contribution < -0.4 is 5.73 Å². The average Bonchev–Trinajstić information content (AvgIpc) is 2.85. The maximum Gasteiger partial charge on any atom is 0.128 e. The first kappa shape index (κ1) is 10.3. The molecule has 3 rings (SSSR count). The van der Waals surface area contributed by atoms with Crippen molar-refractivity contribution in [3.05, 3.63) is 34.6 Å². The van der Waals surface area contributed by atoms with Gasteiger partial charge in [0.25, 0.3) is 0 Å². The predicted molar refractivity (Wildman–Crippen MR) is 62.8 cm³/mol. The molecule has 0 unspecified atom stereocenters. The monoisotopic (exact) mass is 219 g/mol. The Bertz CT molecular complexity index is 419. The lowest BCUT2D eigenvalue weighted by Gasteiger charge is -2.25. The van der Waals surface area contributed by atoms with Crippen LogP contribution in [0.5, 0.6) is 0 Å². The lowest BCUT2D eigenvalue weighted by molar-refractivity contribution is 0.432. The summed E-state index contributed by atoms with van der Waals surface area (Å²) in [4.78, 5) is 0. The largest absolute Gasteiger partial charge is 0.321 e. The van der Waals surface area contributed by atoms with E-state index in [1.807, 2.05) is 6.07 Å². The van der Waals surface area contributed by atoms with E-state index in [1.165, 1.54) is 11.1 Å². The van der Waals surface area contributed by atoms with Gasteiger partial charge in [0.2, 0.25) is 0 Å². The van der Waals surface area contributed by atoms with Crippen LogP contribution in [0.25, 0.3) is 0 Å². The normalized spacial score (nSPS) is 22.4. The number of hydrogen-bond donors (Lipinski definition) is 1. The van der Waals surface area contributed by atoms with Crippen LogP contribution in [0, 0.1) is 5.82 Å². The highest BCUT2D eigenvalue weighted by atomic mass is 19.1. The summed E-state index contributed by atoms with van der Waals surface area (Å²) in [5, 5.41) is 0. The molecule has 1 fully saturated rings. The summed E-state index contributed by atoms with van der Waals surface area (Å²) in [5.74, 6) is -0.0787. The van der Waals surface area contributed by atoms with Crippen molar-refractivity contribution in [2.24, 2.45) is 5.73 Å². The van der Waals surface area contributed by atoms with E-state index >= 15 is 0 Å². The Labute approximate surface area is 95.8 Å². The van der Waals surface area contributed by atoms with E-state index in [4.69, 9.17) is 5.73 Å². The van der Waals surface area contributed by atoms with Gasteiger partial charge in [-0.2, -0.15) is 0 Å². The minimum absolute atomic E-state index is 0.0787. The molecule has 2 N–H and O–H groups in total. The minimum atomic E-state index is -0.387. The van der Waals surface area contributed by atoms with Crippen molar-refractivity contribution < 1.29 is 4.39 Å². The molecule has 0 saturated heterocycles. The fourth-order valence-corrected chi connectivity index (χ4v) is 3.25. The summed E-state index contributed by atoms with van der Waals surface area (Å²) in [7, 11) is 0. The molecule has 0 aromatic heterocycles. The summed E-state index contributed by atoms with van der Waals surface area (Å²) < 4.78 is 14.1. The van der Waals surface area contributed by atoms with Gasteiger partial charge in [-0.1, -0.05) is 18.9 Å². The first-order chi connectivity index (χ1) is 7.69. The molecule has 2 aliphatic rings. The van der Waals surface area contributed by atoms with Crippen LogP contribution in [0.2, 0.25) is 0 Å². The van der Waals surface area contributed by atoms with E-state index in [9.17, 15) is 4.39 Å². The second kappa shape index (κ2) is 3.56. The van der Waals surface area contributed by atoms with Gasteiger partial charge in [0, 0.05) is 11.1 Å². The fourth-order valence-electron chi connectivity index (χ4n) is 3.25. The molecule has 0 spiro atoms. The number of fused-ring (bicyclic) bond motifs is 1. The molecule has 0 atom stereocenters. The van der Waals surface area contributed by atoms with E-state index in [-0.39, 0.29) is 11.4 Å². The molecular weight excluding hydrogens is 201 g/mol. The minimum Gasteiger partial charge on any atom is -0.321 e. The summed E-state index contributed by atoms with van der Waals surface area (Å²) in [6.45, 7) is 0. The van der Waals surface area contributed by atoms with Crippen LogP contribution in [0.1, 0.15) is 48.8 Å². The molecule has 0 amide bonds. The standard InChI is InChI=1S/C14H18FN/c15-13-9-11-5-3-4-10(11)8-12(13)14(16)6-1-2-7-14/h8-9H,1-7,16H2. The van der Waals surface area contributed by atoms with E-state index in [2.05, 4.69) is 0 Å². The van der Waals surface area contributed by atoms with Crippen molar-refractivity contribution in [2.75, 3.05) is 0 Å². The quantitative estimate of drug-likeness (QED) is 0.772. The van der Waals surface area contributed by atoms with Gasteiger partial charge in [-0.05, 0) is 49.3 Å². The molecule has 1 saturated carbocycles. The molecule has 1 aromatic carbocycles. The lowest BCUT2D eigenvalue weighted by atomic mass is 9.87. The Morgan fingerprint density at radius 1 is 1.00 bits per heavy atom. The number of hydrogen-bond acceptors (Lipinski definition) is 1. The van der Waals surface area contributed by atoms with Gasteiger partial charge in [0.15, 0.2) is 0 Å². The molecule has 86 valence electrons. The molecule has 1 aromatic rings. The molecule has 0 radical (unpaired) electrons. The van der Waals surface area contributed by atoms with Crippen LogP contribution in [0.4, 0.5) is 4.39 Å². The van der Waals surface area contributed by atoms with Gasteiger partial charge in [0.05, 0.1) is 0 Å². The van der Waals surface area contributed by atoms with Crippen molar-refractivity contribution >= 4 is 0 Å². The van der Waals surface area contributed by atoms with E-state index in [1.54, 1.807) is 6.07 Å². The third-order valence-electron chi connectivity index (χ3n) is 4.21. The zero-order valence-corrected chi connectivity index (χ0v) is 9.56. The zero-order valence-electron chi connectivity index (χ0n) is 9.56. The summed E-state index contributed by atoms with van der Waals surface area (Å²) >= 11 is 0. The van der Waals surface area contributed by atoms with E-state index in [0.29, 0.717) is 0 Å². The van der Waals surface area contributed by atoms with Crippen molar-refractivity contribution in [3.8, 4) is 0 Å². The van der Waals surface area contributed by atoms with Crippen LogP contribution in [0.3, 0.4) is 0 Å². The molecule has 0 heterocycles. The number of benzene rings is 1. The highest BCUT2D eigenvalue weighted by molar-refractivity contribution is 5.39. The van der Waals surface area contributed by atoms with Crippen molar-refractivity contribution in [1.82, 2.24) is 0 Å². The number of rotatable bonds is 1. The summed E-state index contributed by atoms with van der Waals surface area (Å²) in [5.41, 5.74) is 9.24. The topological polar surface area (TPSA) is 26.0 Å². The maximum absolute atomic E-state index is 14.1. The Morgan fingerprint density at radius 3 is 2.31 bits per heavy atom. The second-order valence-corrected chi connectivity index (χ2v) is 5.32. The van der Waals surface area contributed by atoms with Gasteiger partial charge in [-0.3, -0.25) is 0 Å². The van der Waals surface area contributed by atoms with Crippen molar-refractivity contribution in [3.63, 3.8) is 0 Å². The average molecular weight is 219 g/mol. The highest BCUT2D eigenvalue weighted by Gasteiger charge is 2.34. The number of nitrogens with two attached hydrogens (primary N) is 1. The van der Waals surface area contributed by atoms with Gasteiger partial charge in [-0.25, -0.2) is 4.39 Å². The molecule has 1 nitrogen and oxygen atoms in total. The number of aryl methyl sites for hydroxylation is 2. The first-order valence-electron chi connectivity index (χ1n) is 6.30. The predicted octanol–water partition coefficient (Wildman–Crippen LogP) is 3.04. The van der Waals surface area contributed by atoms with Crippen LogP contribution in [-0.4, -0.2) is 0 Å². The lowest BCUT2D eigenvalue weighted by Crippen LogP contribution is -2.34. The molecule has 16 heavy (non-hydrogen) atoms. The zero-order chi connectivity index (χ0) is 11.2. The molecule has 0 bridgehead atoms. The number of halogens is 1. The third-order valence-corrected chi connectivity index (χ3v) is 4.21. The van der Waals surface area contributed by atoms with Gasteiger partial charge >= 0.3 is 0 Å². The van der Waals surface area contributed by atoms with Crippen LogP contribution in [-0.2, 0) is 18.4 Å². The molecule has 2 aliphatic carbocycles. The summed E-state index contributed by atoms with van der Waals surface area (Å²) in [6, 6.07) is 3.77. The second-order valence-electron chi connectivity index (χ2n) is 5.32. The summed E-state index contributed by atoms with van der Waals surface area (Å²) in [6.07, 6.45) is 7.42. The maximum atomic E-state index is 14.1. The van der Waals surface area contributed by atoms with Gasteiger partial charge in [0.1, 0.15) is 5.82 Å². The Morgan fingerprint density at radius 2 is 1.62 bits per heavy atom. The SMILES string of the molecule is NC1(c2cc3c(cc2F)CCC3)CCCC1. The van der Waals surface area contributed by atoms with E-state index < -0.39 is 0 Å².